The molecule has 2 amide bonds. The van der Waals surface area contributed by atoms with Crippen molar-refractivity contribution in [1.82, 2.24) is 5.32 Å². The molecule has 0 radical (unpaired) electrons. The van der Waals surface area contributed by atoms with E-state index in [0.29, 0.717) is 17.7 Å². The van der Waals surface area contributed by atoms with Crippen LogP contribution in [0.25, 0.3) is 0 Å². The molecule has 3 rings (SSSR count). The van der Waals surface area contributed by atoms with Crippen molar-refractivity contribution < 1.29 is 13.9 Å². The van der Waals surface area contributed by atoms with Gasteiger partial charge in [0.25, 0.3) is 0 Å². The third kappa shape index (κ3) is 3.02. The second-order valence-corrected chi connectivity index (χ2v) is 5.99. The summed E-state index contributed by atoms with van der Waals surface area (Å²) < 4.78 is 19.0. The average Bonchev–Trinajstić information content (AvgIpc) is 3.10. The Balaban J connectivity index is 1.54. The zero-order chi connectivity index (χ0) is 14.9. The molecule has 2 N–H and O–H groups in total. The van der Waals surface area contributed by atoms with E-state index in [-0.39, 0.29) is 23.3 Å². The second kappa shape index (κ2) is 5.64. The lowest BCUT2D eigenvalue weighted by Gasteiger charge is -2.22. The van der Waals surface area contributed by atoms with Crippen molar-refractivity contribution in [2.75, 3.05) is 18.5 Å². The number of rotatable bonds is 3. The molecule has 2 aliphatic rings. The van der Waals surface area contributed by atoms with Crippen LogP contribution in [0.3, 0.4) is 0 Å². The Morgan fingerprint density at radius 3 is 2.86 bits per heavy atom. The summed E-state index contributed by atoms with van der Waals surface area (Å²) in [5, 5.41) is 5.69. The first-order valence-corrected chi connectivity index (χ1v) is 7.57. The summed E-state index contributed by atoms with van der Waals surface area (Å²) in [5.41, 5.74) is 1.39. The minimum absolute atomic E-state index is 0.223. The molecule has 1 atom stereocenters. The van der Waals surface area contributed by atoms with E-state index in [1.54, 1.807) is 12.1 Å². The van der Waals surface area contributed by atoms with Crippen LogP contribution in [0.5, 0.6) is 0 Å². The van der Waals surface area contributed by atoms with E-state index in [1.807, 2.05) is 6.92 Å². The van der Waals surface area contributed by atoms with Crippen LogP contribution in [-0.2, 0) is 11.2 Å². The van der Waals surface area contributed by atoms with E-state index in [0.717, 1.165) is 32.5 Å². The number of urea groups is 1. The Morgan fingerprint density at radius 2 is 2.19 bits per heavy atom. The molecule has 114 valence electrons. The number of anilines is 1. The summed E-state index contributed by atoms with van der Waals surface area (Å²) in [5.74, 6) is -0.275. The van der Waals surface area contributed by atoms with Gasteiger partial charge >= 0.3 is 6.03 Å². The lowest BCUT2D eigenvalue weighted by atomic mass is 9.96. The highest BCUT2D eigenvalue weighted by Gasteiger charge is 2.55. The Morgan fingerprint density at radius 1 is 1.43 bits per heavy atom. The first-order chi connectivity index (χ1) is 10.1. The molecule has 1 aliphatic heterocycles. The van der Waals surface area contributed by atoms with E-state index < -0.39 is 0 Å². The minimum atomic E-state index is -0.275. The molecule has 0 bridgehead atoms. The number of benzene rings is 1. The van der Waals surface area contributed by atoms with Crippen molar-refractivity contribution in [2.24, 2.45) is 5.41 Å². The summed E-state index contributed by atoms with van der Waals surface area (Å²) >= 11 is 0. The summed E-state index contributed by atoms with van der Waals surface area (Å²) in [6.07, 6.45) is 3.69. The zero-order valence-corrected chi connectivity index (χ0v) is 12.2. The summed E-state index contributed by atoms with van der Waals surface area (Å²) in [6, 6.07) is 4.78. The normalized spacial score (nSPS) is 22.9. The number of hydrogen-bond acceptors (Lipinski definition) is 2. The van der Waals surface area contributed by atoms with Gasteiger partial charge in [0.2, 0.25) is 0 Å². The topological polar surface area (TPSA) is 50.4 Å². The molecular formula is C16H21FN2O2. The van der Waals surface area contributed by atoms with Gasteiger partial charge < -0.3 is 15.4 Å². The first kappa shape index (κ1) is 14.3. The Bertz CT molecular complexity index is 541. The van der Waals surface area contributed by atoms with Crippen LogP contribution < -0.4 is 10.6 Å². The highest BCUT2D eigenvalue weighted by Crippen LogP contribution is 2.53. The van der Waals surface area contributed by atoms with Gasteiger partial charge in [0.05, 0.1) is 0 Å². The Kier molecular flexibility index (Phi) is 3.85. The fraction of sp³-hybridized carbons (Fsp3) is 0.562. The fourth-order valence-corrected chi connectivity index (χ4v) is 3.12. The number of hydrogen-bond donors (Lipinski definition) is 2. The molecule has 0 unspecified atom stereocenters. The van der Waals surface area contributed by atoms with Crippen LogP contribution in [0.15, 0.2) is 18.2 Å². The number of carbonyl (C=O) groups excluding carboxylic acids is 1. The quantitative estimate of drug-likeness (QED) is 0.899. The molecule has 5 heteroatoms. The Labute approximate surface area is 124 Å². The van der Waals surface area contributed by atoms with Crippen LogP contribution >= 0.6 is 0 Å². The van der Waals surface area contributed by atoms with Crippen LogP contribution in [0.4, 0.5) is 14.9 Å². The van der Waals surface area contributed by atoms with E-state index in [4.69, 9.17) is 4.74 Å². The standard InChI is InChI=1S/C16H21FN2O2/c1-2-11-3-4-12(9-13(11)17)18-15(20)19-14-10-16(14)5-7-21-8-6-16/h3-4,9,14H,2,5-8,10H2,1H3,(H2,18,19,20)/t14-/m1/s1. The van der Waals surface area contributed by atoms with Crippen LogP contribution in [-0.4, -0.2) is 25.3 Å². The van der Waals surface area contributed by atoms with Crippen molar-refractivity contribution in [3.8, 4) is 0 Å². The molecule has 2 fully saturated rings. The molecule has 1 aliphatic carbocycles. The number of nitrogens with one attached hydrogen (secondary N) is 2. The largest absolute Gasteiger partial charge is 0.381 e. The number of aryl methyl sites for hydroxylation is 1. The van der Waals surface area contributed by atoms with E-state index >= 15 is 0 Å². The highest BCUT2D eigenvalue weighted by atomic mass is 19.1. The van der Waals surface area contributed by atoms with Gasteiger partial charge in [-0.25, -0.2) is 9.18 Å². The zero-order valence-electron chi connectivity index (χ0n) is 12.2. The van der Waals surface area contributed by atoms with Crippen LogP contribution in [0.1, 0.15) is 31.7 Å². The molecule has 1 saturated heterocycles. The number of halogens is 1. The highest BCUT2D eigenvalue weighted by molar-refractivity contribution is 5.89. The third-order valence-corrected chi connectivity index (χ3v) is 4.68. The molecule has 0 aromatic heterocycles. The molecule has 1 spiro atoms. The molecule has 1 aromatic rings. The van der Waals surface area contributed by atoms with Gasteiger partial charge in [-0.1, -0.05) is 13.0 Å². The predicted octanol–water partition coefficient (Wildman–Crippen LogP) is 3.08. The molecule has 4 nitrogen and oxygen atoms in total. The maximum absolute atomic E-state index is 13.7. The average molecular weight is 292 g/mol. The minimum Gasteiger partial charge on any atom is -0.381 e. The lowest BCUT2D eigenvalue weighted by Crippen LogP contribution is -2.35. The van der Waals surface area contributed by atoms with Crippen molar-refractivity contribution >= 4 is 11.7 Å². The van der Waals surface area contributed by atoms with Crippen LogP contribution in [0, 0.1) is 11.2 Å². The maximum Gasteiger partial charge on any atom is 0.319 e. The first-order valence-electron chi connectivity index (χ1n) is 7.57. The second-order valence-electron chi connectivity index (χ2n) is 5.99. The predicted molar refractivity (Wildman–Crippen MR) is 78.8 cm³/mol. The summed E-state index contributed by atoms with van der Waals surface area (Å²) in [4.78, 5) is 12.0. The van der Waals surface area contributed by atoms with Gasteiger partial charge in [-0.3, -0.25) is 0 Å². The van der Waals surface area contributed by atoms with Gasteiger partial charge in [-0.15, -0.1) is 0 Å². The monoisotopic (exact) mass is 292 g/mol. The molecule has 1 saturated carbocycles. The van der Waals surface area contributed by atoms with E-state index in [1.165, 1.54) is 6.07 Å². The van der Waals surface area contributed by atoms with Crippen molar-refractivity contribution in [3.05, 3.63) is 29.6 Å². The Hall–Kier alpha value is -1.62. The molecule has 1 aromatic carbocycles. The van der Waals surface area contributed by atoms with Crippen molar-refractivity contribution in [1.29, 1.82) is 0 Å². The van der Waals surface area contributed by atoms with Gasteiger partial charge in [0.1, 0.15) is 5.82 Å². The maximum atomic E-state index is 13.7. The summed E-state index contributed by atoms with van der Waals surface area (Å²) in [7, 11) is 0. The van der Waals surface area contributed by atoms with Gasteiger partial charge in [0, 0.05) is 24.9 Å². The number of ether oxygens (including phenoxy) is 1. The molecule has 21 heavy (non-hydrogen) atoms. The van der Waals surface area contributed by atoms with E-state index in [9.17, 15) is 9.18 Å². The fourth-order valence-electron chi connectivity index (χ4n) is 3.12. The molecular weight excluding hydrogens is 271 g/mol. The smallest absolute Gasteiger partial charge is 0.319 e. The van der Waals surface area contributed by atoms with Crippen molar-refractivity contribution in [3.63, 3.8) is 0 Å². The lowest BCUT2D eigenvalue weighted by molar-refractivity contribution is 0.0548. The number of carbonyl (C=O) groups is 1. The van der Waals surface area contributed by atoms with Gasteiger partial charge in [0.15, 0.2) is 0 Å². The molecule has 1 heterocycles. The number of amides is 2. The van der Waals surface area contributed by atoms with Crippen LogP contribution in [0.2, 0.25) is 0 Å². The SMILES string of the molecule is CCc1ccc(NC(=O)N[C@@H]2CC23CCOCC3)cc1F. The van der Waals surface area contributed by atoms with Crippen molar-refractivity contribution in [2.45, 2.75) is 38.6 Å². The summed E-state index contributed by atoms with van der Waals surface area (Å²) in [6.45, 7) is 3.46. The van der Waals surface area contributed by atoms with E-state index in [2.05, 4.69) is 10.6 Å². The third-order valence-electron chi connectivity index (χ3n) is 4.68. The van der Waals surface area contributed by atoms with Gasteiger partial charge in [-0.05, 0) is 48.8 Å². The van der Waals surface area contributed by atoms with Gasteiger partial charge in [-0.2, -0.15) is 0 Å².